The van der Waals surface area contributed by atoms with Crippen LogP contribution in [0.1, 0.15) is 90.9 Å². The molecule has 0 saturated carbocycles. The molecule has 11 heteroatoms. The molecule has 0 aromatic heterocycles. The number of carbonyl (C=O) groups is 2. The molecular weight excluding hydrogens is 455 g/mol. The molecule has 0 spiro atoms. The van der Waals surface area contributed by atoms with Gasteiger partial charge in [-0.15, -0.1) is 0 Å². The molecule has 0 amide bonds. The van der Waals surface area contributed by atoms with Gasteiger partial charge < -0.3 is 24.6 Å². The van der Waals surface area contributed by atoms with Crippen molar-refractivity contribution in [3.05, 3.63) is 0 Å². The Kier molecular flexibility index (Phi) is 19.7. The minimum absolute atomic E-state index is 0.173. The first-order valence-corrected chi connectivity index (χ1v) is 13.5. The van der Waals surface area contributed by atoms with E-state index in [1.807, 2.05) is 6.92 Å². The molecule has 0 rings (SSSR count). The predicted octanol–water partition coefficient (Wildman–Crippen LogP) is 3.65. The monoisotopic (exact) mass is 498 g/mol. The maximum atomic E-state index is 12.0. The van der Waals surface area contributed by atoms with E-state index in [9.17, 15) is 24.2 Å². The fourth-order valence-corrected chi connectivity index (χ4v) is 3.60. The number of aliphatic hydroxyl groups is 2. The molecule has 0 heterocycles. The Morgan fingerprint density at radius 1 is 0.788 bits per heavy atom. The van der Waals surface area contributed by atoms with Crippen molar-refractivity contribution in [3.8, 4) is 0 Å². The number of aliphatic hydroxyl groups excluding tert-OH is 2. The largest absolute Gasteiger partial charge is 0.472 e. The van der Waals surface area contributed by atoms with Gasteiger partial charge in [0, 0.05) is 12.8 Å². The third-order valence-electron chi connectivity index (χ3n) is 4.76. The van der Waals surface area contributed by atoms with Gasteiger partial charge >= 0.3 is 19.8 Å². The number of phosphoric ester groups is 1. The van der Waals surface area contributed by atoms with Gasteiger partial charge in [0.05, 0.1) is 19.8 Å². The van der Waals surface area contributed by atoms with Gasteiger partial charge in [-0.05, 0) is 12.8 Å². The Labute approximate surface area is 197 Å². The number of unbranched alkanes of at least 4 members (excludes halogenated alkanes) is 8. The van der Waals surface area contributed by atoms with Gasteiger partial charge in [0.1, 0.15) is 12.7 Å². The lowest BCUT2D eigenvalue weighted by Gasteiger charge is -2.20. The Morgan fingerprint density at radius 2 is 1.30 bits per heavy atom. The fraction of sp³-hybridized carbons (Fsp3) is 0.909. The van der Waals surface area contributed by atoms with E-state index in [-0.39, 0.29) is 19.4 Å². The molecule has 1 unspecified atom stereocenters. The van der Waals surface area contributed by atoms with Crippen LogP contribution >= 0.6 is 7.82 Å². The van der Waals surface area contributed by atoms with E-state index in [4.69, 9.17) is 19.1 Å². The van der Waals surface area contributed by atoms with Gasteiger partial charge in [-0.2, -0.15) is 0 Å². The summed E-state index contributed by atoms with van der Waals surface area (Å²) in [7, 11) is -4.57. The van der Waals surface area contributed by atoms with Gasteiger partial charge in [-0.1, -0.05) is 65.2 Å². The van der Waals surface area contributed by atoms with Crippen LogP contribution in [0, 0.1) is 0 Å². The number of phosphoric acid groups is 1. The van der Waals surface area contributed by atoms with E-state index in [0.29, 0.717) is 12.8 Å². The molecule has 0 radical (unpaired) electrons. The fourth-order valence-electron chi connectivity index (χ4n) is 2.81. The summed E-state index contributed by atoms with van der Waals surface area (Å²) in [5.74, 6) is -0.963. The first-order valence-electron chi connectivity index (χ1n) is 12.0. The van der Waals surface area contributed by atoms with E-state index in [1.165, 1.54) is 19.3 Å². The highest BCUT2D eigenvalue weighted by Gasteiger charge is 2.27. The van der Waals surface area contributed by atoms with Crippen molar-refractivity contribution >= 4 is 19.8 Å². The van der Waals surface area contributed by atoms with Crippen molar-refractivity contribution in [2.75, 3.05) is 26.4 Å². The average Bonchev–Trinajstić information content (AvgIpc) is 2.78. The number of hydrogen-bond acceptors (Lipinski definition) is 9. The summed E-state index contributed by atoms with van der Waals surface area (Å²) < 4.78 is 31.7. The Balaban J connectivity index is 4.50. The highest BCUT2D eigenvalue weighted by molar-refractivity contribution is 7.47. The lowest BCUT2D eigenvalue weighted by Crippen LogP contribution is -2.29. The predicted molar refractivity (Wildman–Crippen MR) is 122 cm³/mol. The van der Waals surface area contributed by atoms with E-state index in [1.54, 1.807) is 0 Å². The van der Waals surface area contributed by atoms with Crippen LogP contribution in [0.25, 0.3) is 0 Å². The molecule has 0 aliphatic heterocycles. The molecular formula is C22H43O10P. The molecule has 3 atom stereocenters. The molecule has 0 aromatic rings. The van der Waals surface area contributed by atoms with Crippen molar-refractivity contribution < 1.29 is 47.8 Å². The zero-order chi connectivity index (χ0) is 25.0. The van der Waals surface area contributed by atoms with Crippen LogP contribution in [0.2, 0.25) is 0 Å². The lowest BCUT2D eigenvalue weighted by atomic mass is 10.1. The second-order valence-corrected chi connectivity index (χ2v) is 9.47. The topological polar surface area (TPSA) is 149 Å². The molecule has 0 fully saturated rings. The minimum Gasteiger partial charge on any atom is -0.462 e. The Morgan fingerprint density at radius 3 is 1.94 bits per heavy atom. The number of hydrogen-bond donors (Lipinski definition) is 3. The van der Waals surface area contributed by atoms with Crippen LogP contribution in [0.3, 0.4) is 0 Å². The maximum absolute atomic E-state index is 12.0. The maximum Gasteiger partial charge on any atom is 0.472 e. The lowest BCUT2D eigenvalue weighted by molar-refractivity contribution is -0.161. The van der Waals surface area contributed by atoms with Crippen LogP contribution in [-0.2, 0) is 32.7 Å². The number of ether oxygens (including phenoxy) is 2. The SMILES string of the molecule is CCCCCCCCCC(=O)OC[C@H](COP(=O)(O)OC[C@@H](O)CO)OC(=O)CCCCC. The molecule has 0 aliphatic rings. The van der Waals surface area contributed by atoms with E-state index < -0.39 is 51.8 Å². The van der Waals surface area contributed by atoms with Crippen molar-refractivity contribution in [1.82, 2.24) is 0 Å². The standard InChI is InChI=1S/C22H43O10P/c1-3-5-7-8-9-10-12-13-21(25)29-17-20(32-22(26)14-11-6-4-2)18-31-33(27,28)30-16-19(24)15-23/h19-20,23-24H,3-18H2,1-2H3,(H,27,28)/t19-,20+/m0/s1. The zero-order valence-corrected chi connectivity index (χ0v) is 21.0. The van der Waals surface area contributed by atoms with Crippen LogP contribution in [-0.4, -0.2) is 65.7 Å². The van der Waals surface area contributed by atoms with Crippen molar-refractivity contribution in [2.45, 2.75) is 103 Å². The van der Waals surface area contributed by atoms with Gasteiger partial charge in [-0.3, -0.25) is 18.6 Å². The van der Waals surface area contributed by atoms with Gasteiger partial charge in [-0.25, -0.2) is 4.57 Å². The summed E-state index contributed by atoms with van der Waals surface area (Å²) in [5.41, 5.74) is 0. The van der Waals surface area contributed by atoms with E-state index in [2.05, 4.69) is 11.4 Å². The molecule has 10 nitrogen and oxygen atoms in total. The molecule has 196 valence electrons. The third kappa shape index (κ3) is 20.1. The second kappa shape index (κ2) is 20.4. The van der Waals surface area contributed by atoms with Gasteiger partial charge in [0.2, 0.25) is 0 Å². The molecule has 0 aromatic carbocycles. The number of carbonyl (C=O) groups excluding carboxylic acids is 2. The number of esters is 2. The Bertz CT molecular complexity index is 557. The second-order valence-electron chi connectivity index (χ2n) is 8.02. The highest BCUT2D eigenvalue weighted by Crippen LogP contribution is 2.43. The van der Waals surface area contributed by atoms with Crippen molar-refractivity contribution in [2.24, 2.45) is 0 Å². The molecule has 0 aliphatic carbocycles. The zero-order valence-electron chi connectivity index (χ0n) is 20.1. The third-order valence-corrected chi connectivity index (χ3v) is 5.71. The van der Waals surface area contributed by atoms with Gasteiger partial charge in [0.25, 0.3) is 0 Å². The molecule has 0 bridgehead atoms. The summed E-state index contributed by atoms with van der Waals surface area (Å²) in [4.78, 5) is 33.7. The van der Waals surface area contributed by atoms with Crippen LogP contribution in [0.5, 0.6) is 0 Å². The molecule has 0 saturated heterocycles. The normalized spacial score (nSPS) is 14.9. The summed E-state index contributed by atoms with van der Waals surface area (Å²) in [6, 6.07) is 0. The quantitative estimate of drug-likeness (QED) is 0.115. The first-order chi connectivity index (χ1) is 15.7. The first kappa shape index (κ1) is 32.0. The van der Waals surface area contributed by atoms with Crippen LogP contribution in [0.4, 0.5) is 0 Å². The van der Waals surface area contributed by atoms with Gasteiger partial charge in [0.15, 0.2) is 6.10 Å². The molecule has 33 heavy (non-hydrogen) atoms. The van der Waals surface area contributed by atoms with Crippen molar-refractivity contribution in [3.63, 3.8) is 0 Å². The number of rotatable bonds is 22. The van der Waals surface area contributed by atoms with Crippen LogP contribution < -0.4 is 0 Å². The Hall–Kier alpha value is -1.03. The summed E-state index contributed by atoms with van der Waals surface area (Å²) in [6.45, 7) is 2.05. The van der Waals surface area contributed by atoms with Crippen molar-refractivity contribution in [1.29, 1.82) is 0 Å². The van der Waals surface area contributed by atoms with E-state index >= 15 is 0 Å². The summed E-state index contributed by atoms with van der Waals surface area (Å²) in [6.07, 6.45) is 7.88. The summed E-state index contributed by atoms with van der Waals surface area (Å²) >= 11 is 0. The highest BCUT2D eigenvalue weighted by atomic mass is 31.2. The smallest absolute Gasteiger partial charge is 0.462 e. The minimum atomic E-state index is -4.57. The average molecular weight is 499 g/mol. The van der Waals surface area contributed by atoms with E-state index in [0.717, 1.165) is 32.1 Å². The molecule has 3 N–H and O–H groups in total. The van der Waals surface area contributed by atoms with Crippen LogP contribution in [0.15, 0.2) is 0 Å². The summed E-state index contributed by atoms with van der Waals surface area (Å²) in [5, 5.41) is 18.0.